The number of hydrogen-bond donors (Lipinski definition) is 2. The van der Waals surface area contributed by atoms with E-state index in [-0.39, 0.29) is 25.0 Å². The highest BCUT2D eigenvalue weighted by molar-refractivity contribution is 6.14. The molecule has 7 nitrogen and oxygen atoms in total. The molecule has 1 amide bonds. The molecule has 0 spiro atoms. The minimum Gasteiger partial charge on any atom is -0.503 e. The number of aliphatic hydroxyl groups is 1. The summed E-state index contributed by atoms with van der Waals surface area (Å²) in [5.41, 5.74) is 1.39. The quantitative estimate of drug-likeness (QED) is 0.600. The van der Waals surface area contributed by atoms with Crippen LogP contribution in [0.25, 0.3) is 6.08 Å². The number of hydrogen-bond acceptors (Lipinski definition) is 5. The van der Waals surface area contributed by atoms with Gasteiger partial charge in [0.05, 0.1) is 18.7 Å². The number of aliphatic carboxylic acids is 1. The van der Waals surface area contributed by atoms with Gasteiger partial charge in [-0.25, -0.2) is 0 Å². The van der Waals surface area contributed by atoms with Crippen LogP contribution in [0.5, 0.6) is 5.75 Å². The minimum atomic E-state index is -0.980. The van der Waals surface area contributed by atoms with Crippen LogP contribution in [0.4, 0.5) is 0 Å². The molecule has 3 rings (SSSR count). The van der Waals surface area contributed by atoms with Crippen LogP contribution >= 0.6 is 0 Å². The minimum absolute atomic E-state index is 0.0299. The summed E-state index contributed by atoms with van der Waals surface area (Å²) in [5, 5.41) is 19.5. The Hall–Kier alpha value is -3.87. The van der Waals surface area contributed by atoms with Crippen LogP contribution < -0.4 is 4.74 Å². The molecule has 0 radical (unpaired) electrons. The highest BCUT2D eigenvalue weighted by Gasteiger charge is 2.42. The number of carboxylic acid groups (broad SMARTS) is 1. The van der Waals surface area contributed by atoms with Crippen molar-refractivity contribution in [2.24, 2.45) is 0 Å². The van der Waals surface area contributed by atoms with E-state index in [4.69, 9.17) is 9.84 Å². The molecule has 0 unspecified atom stereocenters. The molecule has 0 aliphatic carbocycles. The van der Waals surface area contributed by atoms with E-state index in [1.54, 1.807) is 30.3 Å². The summed E-state index contributed by atoms with van der Waals surface area (Å²) in [4.78, 5) is 38.0. The lowest BCUT2D eigenvalue weighted by atomic mass is 9.95. The number of carbonyl (C=O) groups is 3. The van der Waals surface area contributed by atoms with E-state index < -0.39 is 29.5 Å². The van der Waals surface area contributed by atoms with Gasteiger partial charge in [-0.15, -0.1) is 0 Å². The lowest BCUT2D eigenvalue weighted by Crippen LogP contribution is -2.32. The number of carbonyl (C=O) groups excluding carboxylic acids is 2. The molecule has 0 aromatic heterocycles. The van der Waals surface area contributed by atoms with E-state index in [0.29, 0.717) is 11.3 Å². The number of rotatable bonds is 9. The van der Waals surface area contributed by atoms with Gasteiger partial charge in [0.15, 0.2) is 11.5 Å². The zero-order valence-electron chi connectivity index (χ0n) is 17.0. The van der Waals surface area contributed by atoms with E-state index in [0.717, 1.165) is 5.56 Å². The molecule has 2 aromatic rings. The Morgan fingerprint density at radius 2 is 1.77 bits per heavy atom. The summed E-state index contributed by atoms with van der Waals surface area (Å²) < 4.78 is 5.17. The van der Waals surface area contributed by atoms with Gasteiger partial charge in [0.25, 0.3) is 5.91 Å². The summed E-state index contributed by atoms with van der Waals surface area (Å²) in [5.74, 6) is -2.17. The summed E-state index contributed by atoms with van der Waals surface area (Å²) in [6, 6.07) is 15.2. The summed E-state index contributed by atoms with van der Waals surface area (Å²) >= 11 is 0. The van der Waals surface area contributed by atoms with Crippen molar-refractivity contribution in [3.63, 3.8) is 0 Å². The van der Waals surface area contributed by atoms with E-state index in [1.807, 2.05) is 30.3 Å². The van der Waals surface area contributed by atoms with Crippen molar-refractivity contribution in [3.05, 3.63) is 83.1 Å². The monoisotopic (exact) mass is 421 g/mol. The molecular weight excluding hydrogens is 398 g/mol. The first-order valence-electron chi connectivity index (χ1n) is 9.79. The molecule has 0 bridgehead atoms. The molecule has 0 saturated carbocycles. The SMILES string of the molecule is COc1ccc([C@@H]2C(C(=O)/C=C/c3ccccc3)=C(O)C(=O)N2CCCC(=O)O)cc1. The Labute approximate surface area is 179 Å². The third-order valence-corrected chi connectivity index (χ3v) is 5.02. The Bertz CT molecular complexity index is 1020. The smallest absolute Gasteiger partial charge is 0.303 e. The number of benzene rings is 2. The van der Waals surface area contributed by atoms with Gasteiger partial charge in [0, 0.05) is 13.0 Å². The highest BCUT2D eigenvalue weighted by Crippen LogP contribution is 2.38. The van der Waals surface area contributed by atoms with Crippen molar-refractivity contribution in [3.8, 4) is 5.75 Å². The molecule has 0 fully saturated rings. The zero-order chi connectivity index (χ0) is 22.4. The van der Waals surface area contributed by atoms with Crippen molar-refractivity contribution < 1.29 is 29.3 Å². The van der Waals surface area contributed by atoms with Gasteiger partial charge in [0.1, 0.15) is 5.75 Å². The number of nitrogens with zero attached hydrogens (tertiary/aromatic N) is 1. The number of ether oxygens (including phenoxy) is 1. The molecule has 2 aromatic carbocycles. The first kappa shape index (κ1) is 21.8. The predicted octanol–water partition coefficient (Wildman–Crippen LogP) is 3.54. The van der Waals surface area contributed by atoms with Crippen molar-refractivity contribution >= 4 is 23.7 Å². The molecule has 0 saturated heterocycles. The third kappa shape index (κ3) is 5.01. The standard InChI is InChI=1S/C24H23NO6/c1-31-18-12-10-17(11-13-18)22-21(19(26)14-9-16-6-3-2-4-7-16)23(29)24(30)25(22)15-5-8-20(27)28/h2-4,6-7,9-14,22,29H,5,8,15H2,1H3,(H,27,28)/b14-9+/t22-/m1/s1. The van der Waals surface area contributed by atoms with Crippen molar-refractivity contribution in [2.45, 2.75) is 18.9 Å². The van der Waals surface area contributed by atoms with Crippen LogP contribution in [0, 0.1) is 0 Å². The van der Waals surface area contributed by atoms with Crippen molar-refractivity contribution in [1.82, 2.24) is 4.90 Å². The third-order valence-electron chi connectivity index (χ3n) is 5.02. The Balaban J connectivity index is 1.94. The second-order valence-electron chi connectivity index (χ2n) is 7.04. The van der Waals surface area contributed by atoms with Gasteiger partial charge >= 0.3 is 5.97 Å². The fraction of sp³-hybridized carbons (Fsp3) is 0.208. The first-order valence-corrected chi connectivity index (χ1v) is 9.79. The molecule has 31 heavy (non-hydrogen) atoms. The van der Waals surface area contributed by atoms with Crippen LogP contribution in [0.3, 0.4) is 0 Å². The summed E-state index contributed by atoms with van der Waals surface area (Å²) in [7, 11) is 1.53. The zero-order valence-corrected chi connectivity index (χ0v) is 17.0. The lowest BCUT2D eigenvalue weighted by molar-refractivity contribution is -0.138. The Morgan fingerprint density at radius 1 is 1.10 bits per heavy atom. The second kappa shape index (κ2) is 9.75. The van der Waals surface area contributed by atoms with E-state index in [1.165, 1.54) is 18.1 Å². The number of amides is 1. The average Bonchev–Trinajstić information content (AvgIpc) is 3.03. The van der Waals surface area contributed by atoms with Gasteiger partial charge in [-0.2, -0.15) is 0 Å². The van der Waals surface area contributed by atoms with E-state index in [9.17, 15) is 19.5 Å². The van der Waals surface area contributed by atoms with Crippen LogP contribution in [0.15, 0.2) is 72.0 Å². The Morgan fingerprint density at radius 3 is 2.39 bits per heavy atom. The molecule has 1 aliphatic heterocycles. The van der Waals surface area contributed by atoms with Gasteiger partial charge in [-0.3, -0.25) is 14.4 Å². The number of ketones is 1. The molecule has 1 heterocycles. The molecule has 160 valence electrons. The fourth-order valence-electron chi connectivity index (χ4n) is 3.50. The normalized spacial score (nSPS) is 16.2. The summed E-state index contributed by atoms with van der Waals surface area (Å²) in [6.45, 7) is 0.0884. The largest absolute Gasteiger partial charge is 0.503 e. The maximum absolute atomic E-state index is 13.0. The lowest BCUT2D eigenvalue weighted by Gasteiger charge is -2.26. The van der Waals surface area contributed by atoms with E-state index in [2.05, 4.69) is 0 Å². The maximum atomic E-state index is 13.0. The number of methoxy groups -OCH3 is 1. The number of aliphatic hydroxyl groups excluding tert-OH is 1. The molecule has 1 atom stereocenters. The topological polar surface area (TPSA) is 104 Å². The molecule has 7 heteroatoms. The van der Waals surface area contributed by atoms with Gasteiger partial charge < -0.3 is 19.8 Å². The van der Waals surface area contributed by atoms with Crippen LogP contribution in [-0.2, 0) is 14.4 Å². The van der Waals surface area contributed by atoms with Gasteiger partial charge in [-0.05, 0) is 35.8 Å². The molecule has 2 N–H and O–H groups in total. The molecular formula is C24H23NO6. The number of allylic oxidation sites excluding steroid dienone is 1. The van der Waals surface area contributed by atoms with Crippen LogP contribution in [-0.4, -0.2) is 46.4 Å². The fourth-order valence-corrected chi connectivity index (χ4v) is 3.50. The van der Waals surface area contributed by atoms with Crippen LogP contribution in [0.2, 0.25) is 0 Å². The van der Waals surface area contributed by atoms with Crippen molar-refractivity contribution in [1.29, 1.82) is 0 Å². The average molecular weight is 421 g/mol. The van der Waals surface area contributed by atoms with E-state index >= 15 is 0 Å². The Kier molecular flexibility index (Phi) is 6.87. The molecule has 1 aliphatic rings. The summed E-state index contributed by atoms with van der Waals surface area (Å²) in [6.07, 6.45) is 3.01. The van der Waals surface area contributed by atoms with Gasteiger partial charge in [0.2, 0.25) is 0 Å². The van der Waals surface area contributed by atoms with Crippen molar-refractivity contribution in [2.75, 3.05) is 13.7 Å². The van der Waals surface area contributed by atoms with Gasteiger partial charge in [-0.1, -0.05) is 48.5 Å². The maximum Gasteiger partial charge on any atom is 0.303 e. The predicted molar refractivity (Wildman–Crippen MR) is 114 cm³/mol. The highest BCUT2D eigenvalue weighted by atomic mass is 16.5. The number of carboxylic acids is 1. The second-order valence-corrected chi connectivity index (χ2v) is 7.04. The first-order chi connectivity index (χ1) is 14.9. The van der Waals surface area contributed by atoms with Crippen LogP contribution in [0.1, 0.15) is 30.0 Å².